The molecule has 1 aromatic rings. The maximum Gasteiger partial charge on any atom is 0.251 e. The van der Waals surface area contributed by atoms with Gasteiger partial charge in [-0.15, -0.1) is 0 Å². The average Bonchev–Trinajstić information content (AvgIpc) is 2.66. The molecule has 1 aromatic carbocycles. The Morgan fingerprint density at radius 3 is 2.58 bits per heavy atom. The number of anilines is 1. The van der Waals surface area contributed by atoms with Gasteiger partial charge >= 0.3 is 0 Å². The Hall–Kier alpha value is -1.57. The van der Waals surface area contributed by atoms with E-state index in [2.05, 4.69) is 34.7 Å². The molecular weight excluding hydrogens is 348 g/mol. The van der Waals surface area contributed by atoms with Crippen molar-refractivity contribution in [3.8, 4) is 0 Å². The van der Waals surface area contributed by atoms with E-state index in [1.807, 2.05) is 11.8 Å². The van der Waals surface area contributed by atoms with Crippen LogP contribution in [0.1, 0.15) is 30.6 Å². The first-order valence-electron chi connectivity index (χ1n) is 9.34. The standard InChI is InChI=1S/C19H30N4O2S/c1-3-23(4-2)11-9-21-19(25)15-5-7-16(8-6-15)22-18(24)13-17-14-26-12-10-20-17/h5-8,17,20H,3-4,9-14H2,1-2H3,(H,21,25)(H,22,24). The molecule has 26 heavy (non-hydrogen) atoms. The highest BCUT2D eigenvalue weighted by Crippen LogP contribution is 2.13. The molecule has 0 spiro atoms. The molecule has 6 nitrogen and oxygen atoms in total. The third kappa shape index (κ3) is 6.97. The van der Waals surface area contributed by atoms with Crippen LogP contribution >= 0.6 is 11.8 Å². The van der Waals surface area contributed by atoms with Gasteiger partial charge in [-0.05, 0) is 37.4 Å². The fraction of sp³-hybridized carbons (Fsp3) is 0.579. The molecule has 0 radical (unpaired) electrons. The number of carbonyl (C=O) groups excluding carboxylic acids is 2. The van der Waals surface area contributed by atoms with Gasteiger partial charge in [0.05, 0.1) is 0 Å². The van der Waals surface area contributed by atoms with Crippen LogP contribution in [0.15, 0.2) is 24.3 Å². The third-order valence-electron chi connectivity index (χ3n) is 4.47. The molecule has 2 rings (SSSR count). The van der Waals surface area contributed by atoms with Gasteiger partial charge in [0.1, 0.15) is 0 Å². The molecule has 0 aromatic heterocycles. The number of hydrogen-bond acceptors (Lipinski definition) is 5. The second-order valence-electron chi connectivity index (χ2n) is 6.34. The summed E-state index contributed by atoms with van der Waals surface area (Å²) in [6, 6.07) is 7.29. The van der Waals surface area contributed by atoms with E-state index in [1.165, 1.54) is 0 Å². The first kappa shape index (κ1) is 20.7. The van der Waals surface area contributed by atoms with Crippen molar-refractivity contribution in [1.82, 2.24) is 15.5 Å². The predicted molar refractivity (Wildman–Crippen MR) is 109 cm³/mol. The summed E-state index contributed by atoms with van der Waals surface area (Å²) < 4.78 is 0. The Balaban J connectivity index is 1.75. The Bertz CT molecular complexity index is 569. The Kier molecular flexibility index (Phi) is 8.94. The Labute approximate surface area is 160 Å². The van der Waals surface area contributed by atoms with Crippen molar-refractivity contribution in [2.45, 2.75) is 26.3 Å². The molecule has 7 heteroatoms. The number of nitrogens with zero attached hydrogens (tertiary/aromatic N) is 1. The van der Waals surface area contributed by atoms with Gasteiger partial charge in [-0.2, -0.15) is 11.8 Å². The number of nitrogens with one attached hydrogen (secondary N) is 3. The number of benzene rings is 1. The zero-order chi connectivity index (χ0) is 18.8. The summed E-state index contributed by atoms with van der Waals surface area (Å²) in [5.74, 6) is 2.00. The molecule has 1 aliphatic heterocycles. The molecule has 144 valence electrons. The highest BCUT2D eigenvalue weighted by Gasteiger charge is 2.16. The van der Waals surface area contributed by atoms with Gasteiger partial charge in [0.2, 0.25) is 5.91 Å². The van der Waals surface area contributed by atoms with E-state index in [0.29, 0.717) is 18.5 Å². The molecule has 1 aliphatic rings. The molecule has 0 saturated carbocycles. The van der Waals surface area contributed by atoms with Crippen LogP contribution in [-0.2, 0) is 4.79 Å². The topological polar surface area (TPSA) is 73.5 Å². The van der Waals surface area contributed by atoms with E-state index >= 15 is 0 Å². The van der Waals surface area contributed by atoms with Crippen molar-refractivity contribution < 1.29 is 9.59 Å². The fourth-order valence-electron chi connectivity index (χ4n) is 2.86. The molecule has 1 fully saturated rings. The van der Waals surface area contributed by atoms with E-state index in [-0.39, 0.29) is 17.9 Å². The van der Waals surface area contributed by atoms with Crippen LogP contribution in [0.2, 0.25) is 0 Å². The smallest absolute Gasteiger partial charge is 0.251 e. The summed E-state index contributed by atoms with van der Waals surface area (Å²) in [6.45, 7) is 8.63. The summed E-state index contributed by atoms with van der Waals surface area (Å²) in [6.07, 6.45) is 0.473. The number of amides is 2. The summed E-state index contributed by atoms with van der Waals surface area (Å²) in [4.78, 5) is 26.6. The minimum absolute atomic E-state index is 0.00132. The highest BCUT2D eigenvalue weighted by atomic mass is 32.2. The van der Waals surface area contributed by atoms with E-state index in [9.17, 15) is 9.59 Å². The molecule has 0 bridgehead atoms. The van der Waals surface area contributed by atoms with E-state index in [4.69, 9.17) is 0 Å². The third-order valence-corrected chi connectivity index (χ3v) is 5.60. The van der Waals surface area contributed by atoms with Crippen LogP contribution in [0.25, 0.3) is 0 Å². The van der Waals surface area contributed by atoms with Crippen molar-refractivity contribution in [3.63, 3.8) is 0 Å². The van der Waals surface area contributed by atoms with Gasteiger partial charge < -0.3 is 20.9 Å². The summed E-state index contributed by atoms with van der Waals surface area (Å²) in [5, 5.41) is 9.19. The van der Waals surface area contributed by atoms with Crippen LogP contribution in [0.4, 0.5) is 5.69 Å². The van der Waals surface area contributed by atoms with Crippen LogP contribution < -0.4 is 16.0 Å². The zero-order valence-electron chi connectivity index (χ0n) is 15.7. The molecule has 2 amide bonds. The average molecular weight is 379 g/mol. The number of hydrogen-bond donors (Lipinski definition) is 3. The van der Waals surface area contributed by atoms with Crippen molar-refractivity contribution in [1.29, 1.82) is 0 Å². The summed E-state index contributed by atoms with van der Waals surface area (Å²) in [5.41, 5.74) is 1.33. The Morgan fingerprint density at radius 1 is 1.23 bits per heavy atom. The minimum atomic E-state index is -0.0848. The zero-order valence-corrected chi connectivity index (χ0v) is 16.5. The number of thioether (sulfide) groups is 1. The van der Waals surface area contributed by atoms with Gasteiger partial charge in [-0.1, -0.05) is 13.8 Å². The molecule has 1 unspecified atom stereocenters. The molecule has 1 heterocycles. The number of carbonyl (C=O) groups is 2. The molecule has 1 atom stereocenters. The maximum absolute atomic E-state index is 12.2. The van der Waals surface area contributed by atoms with Crippen LogP contribution in [0, 0.1) is 0 Å². The van der Waals surface area contributed by atoms with Gasteiger partial charge in [0.15, 0.2) is 0 Å². The van der Waals surface area contributed by atoms with Crippen LogP contribution in [-0.4, -0.2) is 67.0 Å². The monoisotopic (exact) mass is 378 g/mol. The van der Waals surface area contributed by atoms with Gasteiger partial charge in [0.25, 0.3) is 5.91 Å². The first-order valence-corrected chi connectivity index (χ1v) is 10.5. The minimum Gasteiger partial charge on any atom is -0.351 e. The Morgan fingerprint density at radius 2 is 1.96 bits per heavy atom. The van der Waals surface area contributed by atoms with Crippen LogP contribution in [0.5, 0.6) is 0 Å². The lowest BCUT2D eigenvalue weighted by atomic mass is 10.1. The molecule has 1 saturated heterocycles. The lowest BCUT2D eigenvalue weighted by Crippen LogP contribution is -2.39. The molecular formula is C19H30N4O2S. The van der Waals surface area contributed by atoms with Crippen molar-refractivity contribution in [3.05, 3.63) is 29.8 Å². The predicted octanol–water partition coefficient (Wildman–Crippen LogP) is 1.79. The first-order chi connectivity index (χ1) is 12.6. The van der Waals surface area contributed by atoms with Gasteiger partial charge in [-0.25, -0.2) is 0 Å². The van der Waals surface area contributed by atoms with E-state index < -0.39 is 0 Å². The van der Waals surface area contributed by atoms with Crippen molar-refractivity contribution in [2.75, 3.05) is 49.5 Å². The van der Waals surface area contributed by atoms with Gasteiger partial charge in [-0.3, -0.25) is 9.59 Å². The lowest BCUT2D eigenvalue weighted by Gasteiger charge is -2.22. The second kappa shape index (κ2) is 11.2. The van der Waals surface area contributed by atoms with E-state index in [1.54, 1.807) is 24.3 Å². The second-order valence-corrected chi connectivity index (χ2v) is 7.49. The largest absolute Gasteiger partial charge is 0.351 e. The normalized spacial score (nSPS) is 17.1. The number of rotatable bonds is 9. The highest BCUT2D eigenvalue weighted by molar-refractivity contribution is 7.99. The van der Waals surface area contributed by atoms with Crippen molar-refractivity contribution >= 4 is 29.3 Å². The summed E-state index contributed by atoms with van der Waals surface area (Å²) >= 11 is 1.88. The molecule has 0 aliphatic carbocycles. The quantitative estimate of drug-likeness (QED) is 0.611. The summed E-state index contributed by atoms with van der Waals surface area (Å²) in [7, 11) is 0. The lowest BCUT2D eigenvalue weighted by molar-refractivity contribution is -0.116. The maximum atomic E-state index is 12.2. The number of likely N-dealkylation sites (N-methyl/N-ethyl adjacent to an activating group) is 1. The fourth-order valence-corrected chi connectivity index (χ4v) is 3.81. The van der Waals surface area contributed by atoms with Gasteiger partial charge in [0, 0.05) is 54.9 Å². The molecule has 3 N–H and O–H groups in total. The van der Waals surface area contributed by atoms with Crippen LogP contribution in [0.3, 0.4) is 0 Å². The van der Waals surface area contributed by atoms with E-state index in [0.717, 1.165) is 43.4 Å². The SMILES string of the molecule is CCN(CC)CCNC(=O)c1ccc(NC(=O)CC2CSCCN2)cc1. The van der Waals surface area contributed by atoms with Crippen molar-refractivity contribution in [2.24, 2.45) is 0 Å².